The van der Waals surface area contributed by atoms with Gasteiger partial charge in [-0.1, -0.05) is 6.07 Å². The van der Waals surface area contributed by atoms with Gasteiger partial charge in [0.2, 0.25) is 10.0 Å². The fourth-order valence-corrected chi connectivity index (χ4v) is 6.69. The molecule has 234 valence electrons. The number of nitrogens with one attached hydrogen (secondary N) is 1. The molecule has 0 saturated carbocycles. The van der Waals surface area contributed by atoms with Crippen LogP contribution in [0, 0.1) is 10.1 Å². The molecule has 2 aliphatic rings. The lowest BCUT2D eigenvalue weighted by Crippen LogP contribution is -2.44. The van der Waals surface area contributed by atoms with Crippen molar-refractivity contribution in [3.63, 3.8) is 0 Å². The van der Waals surface area contributed by atoms with Crippen LogP contribution in [-0.2, 0) is 27.7 Å². The van der Waals surface area contributed by atoms with Crippen LogP contribution in [0.3, 0.4) is 0 Å². The van der Waals surface area contributed by atoms with Crippen molar-refractivity contribution >= 4 is 39.2 Å². The van der Waals surface area contributed by atoms with Crippen LogP contribution in [0.25, 0.3) is 0 Å². The van der Waals surface area contributed by atoms with E-state index in [4.69, 9.17) is 9.47 Å². The molecule has 0 bridgehead atoms. The van der Waals surface area contributed by atoms with Crippen LogP contribution in [0.4, 0.5) is 22.0 Å². The number of ether oxygens (including phenoxy) is 2. The molecular formula is C28H33N7O8S. The van der Waals surface area contributed by atoms with Gasteiger partial charge in [-0.15, -0.1) is 5.10 Å². The molecule has 2 aliphatic heterocycles. The highest BCUT2D eigenvalue weighted by Crippen LogP contribution is 2.32. The first-order valence-electron chi connectivity index (χ1n) is 14.0. The highest BCUT2D eigenvalue weighted by molar-refractivity contribution is 7.89. The van der Waals surface area contributed by atoms with Crippen molar-refractivity contribution in [1.82, 2.24) is 19.0 Å². The molecule has 0 radical (unpaired) electrons. The number of rotatable bonds is 8. The molecule has 2 aromatic carbocycles. The highest BCUT2D eigenvalue weighted by atomic mass is 32.2. The van der Waals surface area contributed by atoms with Crippen LogP contribution < -0.4 is 15.0 Å². The summed E-state index contributed by atoms with van der Waals surface area (Å²) in [5.74, 6) is -0.557. The van der Waals surface area contributed by atoms with Crippen LogP contribution in [0.2, 0.25) is 0 Å². The number of piperazine rings is 1. The van der Waals surface area contributed by atoms with Crippen molar-refractivity contribution in [2.24, 2.45) is 0 Å². The number of fused-ring (bicyclic) bond motifs is 1. The topological polar surface area (TPSA) is 169 Å². The van der Waals surface area contributed by atoms with Gasteiger partial charge in [0.05, 0.1) is 29.2 Å². The van der Waals surface area contributed by atoms with Crippen LogP contribution in [-0.4, -0.2) is 97.8 Å². The van der Waals surface area contributed by atoms with E-state index in [0.29, 0.717) is 30.2 Å². The van der Waals surface area contributed by atoms with Gasteiger partial charge in [-0.2, -0.15) is 8.99 Å². The number of anilines is 2. The maximum absolute atomic E-state index is 13.5. The van der Waals surface area contributed by atoms with E-state index in [1.54, 1.807) is 25.1 Å². The Labute approximate surface area is 254 Å². The van der Waals surface area contributed by atoms with E-state index in [1.165, 1.54) is 35.7 Å². The van der Waals surface area contributed by atoms with Crippen LogP contribution >= 0.6 is 0 Å². The summed E-state index contributed by atoms with van der Waals surface area (Å²) < 4.78 is 39.6. The summed E-state index contributed by atoms with van der Waals surface area (Å²) in [5, 5.41) is 18.9. The van der Waals surface area contributed by atoms with E-state index < -0.39 is 26.9 Å². The molecule has 1 saturated heterocycles. The number of hydrogen-bond acceptors (Lipinski definition) is 11. The molecule has 0 aliphatic carbocycles. The number of amides is 1. The Morgan fingerprint density at radius 3 is 2.52 bits per heavy atom. The number of nitro groups is 1. The quantitative estimate of drug-likeness (QED) is 0.288. The molecular weight excluding hydrogens is 594 g/mol. The second kappa shape index (κ2) is 12.6. The zero-order valence-corrected chi connectivity index (χ0v) is 25.4. The second-order valence-electron chi connectivity index (χ2n) is 10.4. The summed E-state index contributed by atoms with van der Waals surface area (Å²) in [6, 6.07) is 10.4. The number of carbonyl (C=O) groups is 2. The van der Waals surface area contributed by atoms with Gasteiger partial charge in [-0.05, 0) is 38.2 Å². The number of aromatic nitrogens is 2. The van der Waals surface area contributed by atoms with Crippen LogP contribution in [0.1, 0.15) is 28.5 Å². The standard InChI is InChI=1S/C28H33N7O8S/c1-4-43-28(37)34-24-10-11-33(44(40,41)21-7-5-6-20(17-21)42-3)18-23(24)26(30-34)29-27(36)22-9-8-19(16-25(22)35(38)39)32-14-12-31(2)13-15-32/h5-9,16-17H,4,10-15,18H2,1-3H3,(H,29,30,36). The maximum atomic E-state index is 13.5. The molecule has 3 aromatic rings. The van der Waals surface area contributed by atoms with Crippen LogP contribution in [0.5, 0.6) is 5.75 Å². The fraction of sp³-hybridized carbons (Fsp3) is 0.393. The van der Waals surface area contributed by atoms with Gasteiger partial charge in [0, 0.05) is 69.1 Å². The second-order valence-corrected chi connectivity index (χ2v) is 12.3. The minimum Gasteiger partial charge on any atom is -0.497 e. The van der Waals surface area contributed by atoms with Crippen molar-refractivity contribution in [2.75, 3.05) is 63.7 Å². The van der Waals surface area contributed by atoms with Gasteiger partial charge in [0.25, 0.3) is 11.6 Å². The van der Waals surface area contributed by atoms with E-state index in [2.05, 4.69) is 15.3 Å². The number of carbonyl (C=O) groups excluding carboxylic acids is 2. The van der Waals surface area contributed by atoms with Gasteiger partial charge in [0.1, 0.15) is 11.3 Å². The summed E-state index contributed by atoms with van der Waals surface area (Å²) in [5.41, 5.74) is 0.684. The van der Waals surface area contributed by atoms with Crippen molar-refractivity contribution < 1.29 is 32.4 Å². The Hall–Kier alpha value is -4.54. The van der Waals surface area contributed by atoms with Crippen molar-refractivity contribution in [2.45, 2.75) is 24.8 Å². The summed E-state index contributed by atoms with van der Waals surface area (Å²) in [7, 11) is -0.567. The number of methoxy groups -OCH3 is 1. The molecule has 15 nitrogen and oxygen atoms in total. The molecule has 0 atom stereocenters. The number of nitrogens with zero attached hydrogens (tertiary/aromatic N) is 6. The van der Waals surface area contributed by atoms with Gasteiger partial charge >= 0.3 is 6.09 Å². The minimum atomic E-state index is -4.00. The first-order valence-corrected chi connectivity index (χ1v) is 15.4. The first kappa shape index (κ1) is 30.9. The van der Waals surface area contributed by atoms with E-state index in [-0.39, 0.29) is 53.6 Å². The molecule has 1 aromatic heterocycles. The SMILES string of the molecule is CCOC(=O)n1nc(NC(=O)c2ccc(N3CCN(C)CC3)cc2[N+](=O)[O-])c2c1CCN(S(=O)(=O)c1cccc(OC)c1)C2. The Morgan fingerprint density at radius 1 is 1.09 bits per heavy atom. The van der Waals surface area contributed by atoms with Crippen molar-refractivity contribution in [1.29, 1.82) is 0 Å². The fourth-order valence-electron chi connectivity index (χ4n) is 5.25. The smallest absolute Gasteiger partial charge is 0.434 e. The molecule has 3 heterocycles. The number of benzene rings is 2. The van der Waals surface area contributed by atoms with E-state index in [9.17, 15) is 28.1 Å². The average molecular weight is 628 g/mol. The van der Waals surface area contributed by atoms with E-state index in [0.717, 1.165) is 17.8 Å². The third-order valence-electron chi connectivity index (χ3n) is 7.67. The molecule has 1 fully saturated rings. The highest BCUT2D eigenvalue weighted by Gasteiger charge is 2.35. The lowest BCUT2D eigenvalue weighted by Gasteiger charge is -2.34. The van der Waals surface area contributed by atoms with Gasteiger partial charge in [-0.25, -0.2) is 13.2 Å². The normalized spacial score (nSPS) is 15.8. The lowest BCUT2D eigenvalue weighted by atomic mass is 10.1. The zero-order valence-electron chi connectivity index (χ0n) is 24.6. The minimum absolute atomic E-state index is 0.0136. The first-order chi connectivity index (χ1) is 21.0. The monoisotopic (exact) mass is 627 g/mol. The number of hydrogen-bond donors (Lipinski definition) is 1. The van der Waals surface area contributed by atoms with Gasteiger partial charge in [-0.3, -0.25) is 14.9 Å². The average Bonchev–Trinajstić information content (AvgIpc) is 3.38. The zero-order chi connectivity index (χ0) is 31.6. The summed E-state index contributed by atoms with van der Waals surface area (Å²) in [4.78, 5) is 41.8. The third kappa shape index (κ3) is 6.09. The number of likely N-dealkylation sites (N-methyl/N-ethyl adjacent to an activating group) is 1. The maximum Gasteiger partial charge on any atom is 0.434 e. The molecule has 0 spiro atoms. The Morgan fingerprint density at radius 2 is 1.84 bits per heavy atom. The van der Waals surface area contributed by atoms with E-state index >= 15 is 0 Å². The predicted molar refractivity (Wildman–Crippen MR) is 160 cm³/mol. The summed E-state index contributed by atoms with van der Waals surface area (Å²) in [6.45, 7) is 4.49. The Bertz CT molecular complexity index is 1700. The van der Waals surface area contributed by atoms with Crippen LogP contribution in [0.15, 0.2) is 47.4 Å². The number of nitro benzene ring substituents is 1. The van der Waals surface area contributed by atoms with Crippen molar-refractivity contribution in [3.05, 3.63) is 69.4 Å². The Kier molecular flexibility index (Phi) is 8.85. The van der Waals surface area contributed by atoms with Gasteiger partial charge in [0.15, 0.2) is 5.82 Å². The summed E-state index contributed by atoms with van der Waals surface area (Å²) >= 11 is 0. The summed E-state index contributed by atoms with van der Waals surface area (Å²) in [6.07, 6.45) is -0.698. The molecule has 5 rings (SSSR count). The van der Waals surface area contributed by atoms with Gasteiger partial charge < -0.3 is 24.6 Å². The lowest BCUT2D eigenvalue weighted by molar-refractivity contribution is -0.385. The largest absolute Gasteiger partial charge is 0.497 e. The number of sulfonamides is 1. The Balaban J connectivity index is 1.47. The van der Waals surface area contributed by atoms with E-state index in [1.807, 2.05) is 11.9 Å². The molecule has 1 N–H and O–H groups in total. The molecule has 1 amide bonds. The predicted octanol–water partition coefficient (Wildman–Crippen LogP) is 2.56. The molecule has 44 heavy (non-hydrogen) atoms. The third-order valence-corrected chi connectivity index (χ3v) is 9.51. The van der Waals surface area contributed by atoms with Crippen molar-refractivity contribution in [3.8, 4) is 5.75 Å². The molecule has 16 heteroatoms. The molecule has 0 unspecified atom stereocenters.